The Hall–Kier alpha value is -2.72. The number of amides is 1. The summed E-state index contributed by atoms with van der Waals surface area (Å²) in [6.07, 6.45) is 0.832. The number of esters is 1. The summed E-state index contributed by atoms with van der Waals surface area (Å²) in [6.45, 7) is 0. The molecule has 0 bridgehead atoms. The lowest BCUT2D eigenvalue weighted by atomic mass is 9.99. The molecule has 6 nitrogen and oxygen atoms in total. The predicted octanol–water partition coefficient (Wildman–Crippen LogP) is 3.39. The molecule has 0 radical (unpaired) electrons. The molecule has 34 heavy (non-hydrogen) atoms. The number of benzene rings is 2. The Labute approximate surface area is 210 Å². The number of carbonyl (C=O) groups excluding carboxylic acids is 3. The van der Waals surface area contributed by atoms with Gasteiger partial charge in [0.15, 0.2) is 6.10 Å². The molecule has 1 fully saturated rings. The van der Waals surface area contributed by atoms with E-state index in [2.05, 4.69) is 0 Å². The molecule has 3 aliphatic rings. The molecule has 2 aromatic rings. The fraction of sp³-hybridized carbons (Fsp3) is 0.200. The fourth-order valence-corrected chi connectivity index (χ4v) is 6.66. The van der Waals surface area contributed by atoms with Gasteiger partial charge in [-0.05, 0) is 22.8 Å². The molecule has 3 aliphatic heterocycles. The van der Waals surface area contributed by atoms with Crippen LogP contribution in [-0.4, -0.2) is 49.7 Å². The van der Waals surface area contributed by atoms with Crippen LogP contribution in [0.15, 0.2) is 83.6 Å². The summed E-state index contributed by atoms with van der Waals surface area (Å²) in [5.74, 6) is -0.130. The van der Waals surface area contributed by atoms with Gasteiger partial charge in [0, 0.05) is 21.9 Å². The first kappa shape index (κ1) is 23.0. The van der Waals surface area contributed by atoms with Crippen molar-refractivity contribution in [2.24, 2.45) is 5.73 Å². The highest BCUT2D eigenvalue weighted by molar-refractivity contribution is 8.14. The molecule has 1 saturated heterocycles. The number of hydrogen-bond acceptors (Lipinski definition) is 8. The van der Waals surface area contributed by atoms with Gasteiger partial charge in [-0.3, -0.25) is 14.5 Å². The summed E-state index contributed by atoms with van der Waals surface area (Å²) in [6, 6.07) is 18.2. The van der Waals surface area contributed by atoms with Crippen LogP contribution in [0.25, 0.3) is 0 Å². The lowest BCUT2D eigenvalue weighted by Crippen LogP contribution is -2.68. The summed E-state index contributed by atoms with van der Waals surface area (Å²) >= 11 is 8.31. The summed E-state index contributed by atoms with van der Waals surface area (Å²) in [4.78, 5) is 40.0. The highest BCUT2D eigenvalue weighted by atomic mass is 32.2. The zero-order valence-corrected chi connectivity index (χ0v) is 20.3. The Kier molecular flexibility index (Phi) is 6.44. The number of carbonyl (C=O) groups is 3. The molecule has 0 unspecified atom stereocenters. The molecule has 0 spiro atoms. The summed E-state index contributed by atoms with van der Waals surface area (Å²) in [7, 11) is 0. The smallest absolute Gasteiger partial charge is 0.356 e. The van der Waals surface area contributed by atoms with E-state index in [1.807, 2.05) is 60.7 Å². The topological polar surface area (TPSA) is 89.7 Å². The van der Waals surface area contributed by atoms with Crippen molar-refractivity contribution in [2.45, 2.75) is 17.5 Å². The minimum absolute atomic E-state index is 0.0707. The number of ether oxygens (including phenoxy) is 1. The second-order valence-corrected chi connectivity index (χ2v) is 10.5. The Morgan fingerprint density at radius 1 is 1.03 bits per heavy atom. The lowest BCUT2D eigenvalue weighted by Gasteiger charge is -2.48. The maximum Gasteiger partial charge on any atom is 0.356 e. The third-order valence-electron chi connectivity index (χ3n) is 5.86. The van der Waals surface area contributed by atoms with E-state index in [0.717, 1.165) is 22.9 Å². The van der Waals surface area contributed by atoms with Crippen LogP contribution in [0.3, 0.4) is 0 Å². The second kappa shape index (κ2) is 9.50. The van der Waals surface area contributed by atoms with Crippen LogP contribution in [0.1, 0.15) is 17.2 Å². The number of rotatable bonds is 6. The molecule has 2 atom stereocenters. The molecular formula is C25H20N2O4S3. The van der Waals surface area contributed by atoms with Gasteiger partial charge in [0.25, 0.3) is 0 Å². The number of fused-ring (bicyclic) bond motifs is 1. The largest absolute Gasteiger partial charge is 0.448 e. The number of β-lactam (4-membered cyclic amide) rings is 1. The molecule has 172 valence electrons. The standard InChI is InChI=1S/C25H20N2O4S3/c26-19-23(29)27-20(17(13-34-24(19)27)22(32)16-11-18(28)33-12-16)25(30)31-21(14-7-3-1-4-8-14)15-9-5-2-6-10-15/h1-11,19,21,24H,12-13,26H2/t19-,24-/m1/s1. The van der Waals surface area contributed by atoms with Crippen LogP contribution < -0.4 is 5.73 Å². The van der Waals surface area contributed by atoms with E-state index >= 15 is 0 Å². The van der Waals surface area contributed by atoms with E-state index in [9.17, 15) is 14.4 Å². The van der Waals surface area contributed by atoms with Crippen LogP contribution in [0, 0.1) is 0 Å². The minimum atomic E-state index is -0.676. The maximum absolute atomic E-state index is 13.7. The number of nitrogens with zero attached hydrogens (tertiary/aromatic N) is 1. The molecule has 0 saturated carbocycles. The van der Waals surface area contributed by atoms with Gasteiger partial charge in [-0.15, -0.1) is 11.8 Å². The Balaban J connectivity index is 1.54. The van der Waals surface area contributed by atoms with Crippen LogP contribution in [-0.2, 0) is 19.1 Å². The third-order valence-corrected chi connectivity index (χ3v) is 8.53. The van der Waals surface area contributed by atoms with Gasteiger partial charge >= 0.3 is 5.97 Å². The van der Waals surface area contributed by atoms with Crippen molar-refractivity contribution in [3.05, 3.63) is 94.7 Å². The van der Waals surface area contributed by atoms with E-state index in [4.69, 9.17) is 22.7 Å². The van der Waals surface area contributed by atoms with Gasteiger partial charge in [-0.2, -0.15) is 0 Å². The highest BCUT2D eigenvalue weighted by Crippen LogP contribution is 2.42. The Morgan fingerprint density at radius 3 is 2.21 bits per heavy atom. The van der Waals surface area contributed by atoms with Crippen LogP contribution in [0.5, 0.6) is 0 Å². The molecule has 2 aromatic carbocycles. The molecule has 5 rings (SSSR count). The van der Waals surface area contributed by atoms with E-state index in [1.165, 1.54) is 22.7 Å². The van der Waals surface area contributed by atoms with Crippen molar-refractivity contribution < 1.29 is 19.1 Å². The highest BCUT2D eigenvalue weighted by Gasteiger charge is 2.53. The fourth-order valence-electron chi connectivity index (χ4n) is 4.13. The van der Waals surface area contributed by atoms with Crippen LogP contribution >= 0.6 is 35.7 Å². The molecule has 2 N–H and O–H groups in total. The molecular weight excluding hydrogens is 488 g/mol. The van der Waals surface area contributed by atoms with E-state index in [0.29, 0.717) is 27.5 Å². The lowest BCUT2D eigenvalue weighted by molar-refractivity contribution is -0.153. The molecule has 3 heterocycles. The normalized spacial score (nSPS) is 21.8. The summed E-state index contributed by atoms with van der Waals surface area (Å²) in [5, 5.41) is -0.416. The van der Waals surface area contributed by atoms with Gasteiger partial charge in [0.1, 0.15) is 17.1 Å². The molecule has 9 heteroatoms. The second-order valence-electron chi connectivity index (χ2n) is 7.98. The zero-order chi connectivity index (χ0) is 23.8. The van der Waals surface area contributed by atoms with Crippen molar-refractivity contribution in [2.75, 3.05) is 11.5 Å². The van der Waals surface area contributed by atoms with Gasteiger partial charge < -0.3 is 10.5 Å². The van der Waals surface area contributed by atoms with Gasteiger partial charge in [0.2, 0.25) is 11.0 Å². The van der Waals surface area contributed by atoms with Crippen molar-refractivity contribution in [3.63, 3.8) is 0 Å². The SMILES string of the molecule is N[C@@H]1C(=O)N2C(C(=O)OC(c3ccccc3)c3ccccc3)=C(C(=S)C3=CC(=O)SC3)CS[C@H]12. The van der Waals surface area contributed by atoms with Crippen molar-refractivity contribution in [3.8, 4) is 0 Å². The Morgan fingerprint density at radius 2 is 1.65 bits per heavy atom. The van der Waals surface area contributed by atoms with Crippen molar-refractivity contribution in [1.29, 1.82) is 0 Å². The monoisotopic (exact) mass is 508 g/mol. The maximum atomic E-state index is 13.7. The van der Waals surface area contributed by atoms with E-state index < -0.39 is 18.1 Å². The summed E-state index contributed by atoms with van der Waals surface area (Å²) in [5.41, 5.74) is 8.96. The number of hydrogen-bond donors (Lipinski definition) is 1. The first-order chi connectivity index (χ1) is 16.5. The molecule has 1 amide bonds. The number of thioether (sulfide) groups is 2. The number of nitrogens with two attached hydrogens (primary N) is 1. The first-order valence-electron chi connectivity index (χ1n) is 10.6. The quantitative estimate of drug-likeness (QED) is 0.361. The Bertz CT molecular complexity index is 1200. The predicted molar refractivity (Wildman–Crippen MR) is 137 cm³/mol. The average molecular weight is 509 g/mol. The summed E-state index contributed by atoms with van der Waals surface area (Å²) < 4.78 is 6.07. The minimum Gasteiger partial charge on any atom is -0.448 e. The van der Waals surface area contributed by atoms with Gasteiger partial charge in [-0.1, -0.05) is 84.6 Å². The van der Waals surface area contributed by atoms with Crippen molar-refractivity contribution in [1.82, 2.24) is 4.90 Å². The van der Waals surface area contributed by atoms with Gasteiger partial charge in [0.05, 0.1) is 0 Å². The van der Waals surface area contributed by atoms with Crippen LogP contribution in [0.2, 0.25) is 0 Å². The number of thiocarbonyl (C=S) groups is 1. The molecule has 0 aliphatic carbocycles. The average Bonchev–Trinajstić information content (AvgIpc) is 3.32. The van der Waals surface area contributed by atoms with E-state index in [1.54, 1.807) is 0 Å². The van der Waals surface area contributed by atoms with Gasteiger partial charge in [-0.25, -0.2) is 4.79 Å². The first-order valence-corrected chi connectivity index (χ1v) is 13.1. The van der Waals surface area contributed by atoms with E-state index in [-0.39, 0.29) is 22.1 Å². The van der Waals surface area contributed by atoms with Crippen molar-refractivity contribution >= 4 is 57.6 Å². The zero-order valence-electron chi connectivity index (χ0n) is 17.9. The molecule has 0 aromatic heterocycles. The van der Waals surface area contributed by atoms with Crippen LogP contribution in [0.4, 0.5) is 0 Å². The third kappa shape index (κ3) is 4.13.